The van der Waals surface area contributed by atoms with Crippen LogP contribution >= 0.6 is 12.6 Å². The number of aliphatic carboxylic acids is 1. The lowest BCUT2D eigenvalue weighted by Crippen LogP contribution is -2.59. The predicted molar refractivity (Wildman–Crippen MR) is 125 cm³/mol. The molecule has 1 aromatic carbocycles. The fourth-order valence-electron chi connectivity index (χ4n) is 3.13. The smallest absolute Gasteiger partial charge is 0.326 e. The number of aliphatic hydroxyl groups excluding tert-OH is 1. The normalized spacial score (nSPS) is 15.7. The number of fused-ring (bicyclic) bond motifs is 1. The summed E-state index contributed by atoms with van der Waals surface area (Å²) in [5, 5.41) is 27.6. The first-order valence-corrected chi connectivity index (χ1v) is 10.9. The third-order valence-corrected chi connectivity index (χ3v) is 5.46. The molecule has 0 saturated carbocycles. The van der Waals surface area contributed by atoms with E-state index >= 15 is 0 Å². The fraction of sp³-hybridized carbons (Fsp3) is 0.429. The number of H-pyrrole nitrogens is 1. The van der Waals surface area contributed by atoms with Crippen molar-refractivity contribution < 1.29 is 29.4 Å². The number of amides is 3. The van der Waals surface area contributed by atoms with Crippen molar-refractivity contribution in [3.8, 4) is 0 Å². The highest BCUT2D eigenvalue weighted by atomic mass is 32.1. The van der Waals surface area contributed by atoms with E-state index in [2.05, 4.69) is 33.6 Å². The van der Waals surface area contributed by atoms with E-state index in [1.165, 1.54) is 13.8 Å². The standard InChI is InChI=1S/C21H29N5O6S/c1-10(24-19(29)14(22)9-33)18(28)26-17(11(2)27)20(30)25-16(21(31)32)7-12-8-23-15-6-4-3-5-13(12)15/h3-6,8,10-11,14,16-17,23,27,33H,7,9,22H2,1-2H3,(H,24,29)(H,25,30)(H,26,28)(H,31,32). The summed E-state index contributed by atoms with van der Waals surface area (Å²) >= 11 is 3.92. The quantitative estimate of drug-likeness (QED) is 0.188. The Bertz CT molecular complexity index is 1010. The molecule has 5 unspecified atom stereocenters. The molecule has 0 aliphatic heterocycles. The van der Waals surface area contributed by atoms with Crippen LogP contribution in [-0.4, -0.2) is 74.9 Å². The van der Waals surface area contributed by atoms with Gasteiger partial charge in [-0.15, -0.1) is 0 Å². The molecule has 0 saturated heterocycles. The minimum absolute atomic E-state index is 0.0142. The second-order valence-electron chi connectivity index (χ2n) is 7.71. The Kier molecular flexibility index (Phi) is 9.26. The van der Waals surface area contributed by atoms with Gasteiger partial charge in [-0.1, -0.05) is 18.2 Å². The van der Waals surface area contributed by atoms with Gasteiger partial charge in [0.05, 0.1) is 12.1 Å². The zero-order valence-electron chi connectivity index (χ0n) is 18.2. The lowest BCUT2D eigenvalue weighted by molar-refractivity contribution is -0.143. The largest absolute Gasteiger partial charge is 0.480 e. The van der Waals surface area contributed by atoms with Gasteiger partial charge in [-0.25, -0.2) is 4.79 Å². The zero-order chi connectivity index (χ0) is 24.7. The number of aliphatic hydroxyl groups is 1. The molecule has 0 aliphatic carbocycles. The molecule has 1 heterocycles. The van der Waals surface area contributed by atoms with Crippen LogP contribution in [0.3, 0.4) is 0 Å². The lowest BCUT2D eigenvalue weighted by Gasteiger charge is -2.25. The molecule has 3 amide bonds. The van der Waals surface area contributed by atoms with Crippen LogP contribution in [0.4, 0.5) is 0 Å². The molecular weight excluding hydrogens is 450 g/mol. The predicted octanol–water partition coefficient (Wildman–Crippen LogP) is -1.09. The SMILES string of the molecule is CC(NC(=O)C(N)CS)C(=O)NC(C(=O)NC(Cc1c[nH]c2ccccc12)C(=O)O)C(C)O. The van der Waals surface area contributed by atoms with Gasteiger partial charge in [0.15, 0.2) is 0 Å². The third kappa shape index (κ3) is 6.94. The zero-order valence-corrected chi connectivity index (χ0v) is 19.1. The maximum atomic E-state index is 12.8. The average molecular weight is 480 g/mol. The van der Waals surface area contributed by atoms with Crippen molar-refractivity contribution in [3.63, 3.8) is 0 Å². The molecule has 2 aromatic rings. The van der Waals surface area contributed by atoms with Gasteiger partial charge in [-0.05, 0) is 25.5 Å². The molecule has 0 radical (unpaired) electrons. The Balaban J connectivity index is 2.08. The van der Waals surface area contributed by atoms with Crippen LogP contribution in [0.5, 0.6) is 0 Å². The van der Waals surface area contributed by atoms with Gasteiger partial charge >= 0.3 is 5.97 Å². The van der Waals surface area contributed by atoms with Crippen LogP contribution in [0.15, 0.2) is 30.5 Å². The number of carbonyl (C=O) groups is 4. The van der Waals surface area contributed by atoms with Crippen LogP contribution in [-0.2, 0) is 25.6 Å². The van der Waals surface area contributed by atoms with Gasteiger partial charge in [-0.2, -0.15) is 12.6 Å². The van der Waals surface area contributed by atoms with Gasteiger partial charge < -0.3 is 36.9 Å². The van der Waals surface area contributed by atoms with Crippen molar-refractivity contribution in [2.24, 2.45) is 5.73 Å². The van der Waals surface area contributed by atoms with E-state index in [4.69, 9.17) is 5.73 Å². The summed E-state index contributed by atoms with van der Waals surface area (Å²) in [6.45, 7) is 2.66. The van der Waals surface area contributed by atoms with Gasteiger partial charge in [0.25, 0.3) is 0 Å². The molecular formula is C21H29N5O6S. The number of nitrogens with one attached hydrogen (secondary N) is 4. The van der Waals surface area contributed by atoms with Crippen LogP contribution in [0.25, 0.3) is 10.9 Å². The number of carboxylic acid groups (broad SMARTS) is 1. The van der Waals surface area contributed by atoms with E-state index in [-0.39, 0.29) is 12.2 Å². The molecule has 180 valence electrons. The number of rotatable bonds is 11. The Morgan fingerprint density at radius 3 is 2.33 bits per heavy atom. The number of hydrogen-bond donors (Lipinski definition) is 8. The Morgan fingerprint density at radius 2 is 1.73 bits per heavy atom. The summed E-state index contributed by atoms with van der Waals surface area (Å²) in [5.74, 6) is -3.43. The summed E-state index contributed by atoms with van der Waals surface area (Å²) < 4.78 is 0. The maximum absolute atomic E-state index is 12.8. The Morgan fingerprint density at radius 1 is 1.06 bits per heavy atom. The van der Waals surface area contributed by atoms with Crippen molar-refractivity contribution in [2.75, 3.05) is 5.75 Å². The van der Waals surface area contributed by atoms with E-state index in [0.29, 0.717) is 5.56 Å². The van der Waals surface area contributed by atoms with Gasteiger partial charge in [0.1, 0.15) is 18.1 Å². The molecule has 12 heteroatoms. The molecule has 2 rings (SSSR count). The maximum Gasteiger partial charge on any atom is 0.326 e. The fourth-order valence-corrected chi connectivity index (χ4v) is 3.30. The molecule has 11 nitrogen and oxygen atoms in total. The number of carbonyl (C=O) groups excluding carboxylic acids is 3. The lowest BCUT2D eigenvalue weighted by atomic mass is 10.0. The minimum atomic E-state index is -1.44. The van der Waals surface area contributed by atoms with E-state index in [1.807, 2.05) is 24.3 Å². The number of hydrogen-bond acceptors (Lipinski definition) is 7. The second-order valence-corrected chi connectivity index (χ2v) is 8.07. The number of thiol groups is 1. The molecule has 0 spiro atoms. The summed E-state index contributed by atoms with van der Waals surface area (Å²) in [6, 6.07) is 2.60. The van der Waals surface area contributed by atoms with Gasteiger partial charge in [-0.3, -0.25) is 14.4 Å². The van der Waals surface area contributed by atoms with Crippen LogP contribution in [0.1, 0.15) is 19.4 Å². The van der Waals surface area contributed by atoms with Crippen molar-refractivity contribution >= 4 is 47.2 Å². The van der Waals surface area contributed by atoms with E-state index in [9.17, 15) is 29.4 Å². The topological polar surface area (TPSA) is 187 Å². The average Bonchev–Trinajstić information content (AvgIpc) is 3.18. The van der Waals surface area contributed by atoms with Gasteiger partial charge in [0, 0.05) is 29.3 Å². The number of aromatic amines is 1. The number of benzene rings is 1. The first-order chi connectivity index (χ1) is 15.5. The summed E-state index contributed by atoms with van der Waals surface area (Å²) in [6.07, 6.45) is 0.319. The monoisotopic (exact) mass is 479 g/mol. The first kappa shape index (κ1) is 26.2. The molecule has 8 N–H and O–H groups in total. The Labute approximate surface area is 195 Å². The van der Waals surface area contributed by atoms with E-state index in [0.717, 1.165) is 10.9 Å². The van der Waals surface area contributed by atoms with Crippen molar-refractivity contribution in [3.05, 3.63) is 36.0 Å². The Hall–Kier alpha value is -3.09. The molecule has 5 atom stereocenters. The summed E-state index contributed by atoms with van der Waals surface area (Å²) in [7, 11) is 0. The van der Waals surface area contributed by atoms with Crippen LogP contribution in [0, 0.1) is 0 Å². The summed E-state index contributed by atoms with van der Waals surface area (Å²) in [4.78, 5) is 51.9. The summed E-state index contributed by atoms with van der Waals surface area (Å²) in [5.41, 5.74) is 7.07. The van der Waals surface area contributed by atoms with Crippen molar-refractivity contribution in [1.82, 2.24) is 20.9 Å². The van der Waals surface area contributed by atoms with E-state index < -0.39 is 54.0 Å². The van der Waals surface area contributed by atoms with Crippen molar-refractivity contribution in [2.45, 2.75) is 50.5 Å². The first-order valence-electron chi connectivity index (χ1n) is 10.3. The highest BCUT2D eigenvalue weighted by Gasteiger charge is 2.31. The number of para-hydroxylation sites is 1. The van der Waals surface area contributed by atoms with Crippen molar-refractivity contribution in [1.29, 1.82) is 0 Å². The molecule has 0 fully saturated rings. The molecule has 0 aliphatic rings. The number of carboxylic acids is 1. The second kappa shape index (κ2) is 11.7. The third-order valence-electron chi connectivity index (χ3n) is 5.06. The highest BCUT2D eigenvalue weighted by molar-refractivity contribution is 7.80. The van der Waals surface area contributed by atoms with Crippen LogP contribution < -0.4 is 21.7 Å². The molecule has 0 bridgehead atoms. The number of nitrogens with two attached hydrogens (primary N) is 1. The highest BCUT2D eigenvalue weighted by Crippen LogP contribution is 2.19. The molecule has 1 aromatic heterocycles. The minimum Gasteiger partial charge on any atom is -0.480 e. The number of aromatic nitrogens is 1. The van der Waals surface area contributed by atoms with Crippen LogP contribution in [0.2, 0.25) is 0 Å². The molecule has 33 heavy (non-hydrogen) atoms. The van der Waals surface area contributed by atoms with E-state index in [1.54, 1.807) is 6.20 Å². The van der Waals surface area contributed by atoms with Gasteiger partial charge in [0.2, 0.25) is 17.7 Å².